The van der Waals surface area contributed by atoms with Gasteiger partial charge >= 0.3 is 19.5 Å². The van der Waals surface area contributed by atoms with Crippen LogP contribution in [0.3, 0.4) is 0 Å². The number of benzene rings is 1. The van der Waals surface area contributed by atoms with Crippen molar-refractivity contribution in [2.24, 2.45) is 0 Å². The molecule has 13 heavy (non-hydrogen) atoms. The van der Waals surface area contributed by atoms with E-state index in [9.17, 15) is 10.1 Å². The van der Waals surface area contributed by atoms with Crippen molar-refractivity contribution in [3.05, 3.63) is 58.0 Å². The molecule has 0 spiro atoms. The summed E-state index contributed by atoms with van der Waals surface area (Å²) in [7, 11) is 0. The third-order valence-corrected chi connectivity index (χ3v) is 1.30. The molecule has 0 aliphatic rings. The molecular weight excluding hydrogens is 259 g/mol. The minimum atomic E-state index is -0.692. The van der Waals surface area contributed by atoms with E-state index in [-0.39, 0.29) is 25.2 Å². The van der Waals surface area contributed by atoms with Gasteiger partial charge in [-0.2, -0.15) is 5.56 Å². The third kappa shape index (κ3) is 3.81. The molecule has 1 radical (unpaired) electrons. The first kappa shape index (κ1) is 11.8. The Morgan fingerprint density at radius 1 is 1.38 bits per heavy atom. The Hall–Kier alpha value is -1.22. The van der Waals surface area contributed by atoms with Crippen LogP contribution in [0.1, 0.15) is 5.56 Å². The summed E-state index contributed by atoms with van der Waals surface area (Å²) >= 11 is 0. The average molecular weight is 265 g/mol. The van der Waals surface area contributed by atoms with Crippen LogP contribution in [0, 0.1) is 16.7 Å². The summed E-state index contributed by atoms with van der Waals surface area (Å²) < 4.78 is 0. The fourth-order valence-corrected chi connectivity index (χ4v) is 0.783. The van der Waals surface area contributed by atoms with E-state index >= 15 is 0 Å². The molecule has 5 heteroatoms. The van der Waals surface area contributed by atoms with Gasteiger partial charge in [-0.1, -0.05) is 18.2 Å². The quantitative estimate of drug-likeness (QED) is 0.273. The van der Waals surface area contributed by atoms with Gasteiger partial charge in [-0.25, -0.2) is 0 Å². The van der Waals surface area contributed by atoms with Crippen LogP contribution >= 0.6 is 0 Å². The minimum absolute atomic E-state index is 0. The van der Waals surface area contributed by atoms with E-state index in [4.69, 9.17) is 5.41 Å². The molecule has 0 bridgehead atoms. The van der Waals surface area contributed by atoms with Gasteiger partial charge in [0.05, 0.1) is 6.54 Å². The maximum absolute atomic E-state index is 9.95. The summed E-state index contributed by atoms with van der Waals surface area (Å²) in [4.78, 5) is 9.26. The van der Waals surface area contributed by atoms with Gasteiger partial charge in [-0.05, 0) is 4.92 Å². The predicted molar refractivity (Wildman–Crippen MR) is 45.2 cm³/mol. The Labute approximate surface area is 88.4 Å². The van der Waals surface area contributed by atoms with Gasteiger partial charge in [0.15, 0.2) is 0 Å². The van der Waals surface area contributed by atoms with Gasteiger partial charge < -0.3 is 5.41 Å². The van der Waals surface area contributed by atoms with Crippen molar-refractivity contribution in [1.29, 1.82) is 0 Å². The number of rotatable bonds is 3. The maximum Gasteiger partial charge on any atom is 2.00 e. The topological polar surface area (TPSA) is 65.4 Å². The van der Waals surface area contributed by atoms with Crippen LogP contribution in [-0.2, 0) is 19.5 Å². The first-order chi connectivity index (χ1) is 5.70. The number of nitrogens with zero attached hydrogens (tertiary/aromatic N) is 2. The van der Waals surface area contributed by atoms with Crippen LogP contribution in [0.2, 0.25) is 0 Å². The van der Waals surface area contributed by atoms with Crippen LogP contribution in [-0.4, -0.2) is 10.6 Å². The van der Waals surface area contributed by atoms with Crippen LogP contribution in [0.5, 0.6) is 0 Å². The van der Waals surface area contributed by atoms with E-state index < -0.39 is 4.92 Å². The molecule has 0 amide bonds. The van der Waals surface area contributed by atoms with Crippen LogP contribution < -0.4 is 0 Å². The summed E-state index contributed by atoms with van der Waals surface area (Å²) in [6, 6.07) is 8.34. The standard InChI is InChI=1S/C8H6N2O2.Rh/c9-8(6-10(11)12)7-4-2-1-3-5-7;/h1-6H;/q-2;+2. The van der Waals surface area contributed by atoms with E-state index in [0.29, 0.717) is 12.1 Å². The molecule has 1 aromatic rings. The third-order valence-electron chi connectivity index (χ3n) is 1.30. The van der Waals surface area contributed by atoms with Gasteiger partial charge in [0.2, 0.25) is 0 Å². The van der Waals surface area contributed by atoms with Crippen molar-refractivity contribution in [3.8, 4) is 0 Å². The molecule has 4 nitrogen and oxygen atoms in total. The van der Waals surface area contributed by atoms with Crippen molar-refractivity contribution in [3.63, 3.8) is 0 Å². The molecule has 0 unspecified atom stereocenters. The number of nitro groups is 1. The number of hydrogen-bond donors (Lipinski definition) is 0. The second-order valence-electron chi connectivity index (χ2n) is 2.17. The van der Waals surface area contributed by atoms with E-state index in [0.717, 1.165) is 0 Å². The molecule has 0 aliphatic carbocycles. The molecule has 0 aliphatic heterocycles. The monoisotopic (exact) mass is 265 g/mol. The molecule has 1 aromatic carbocycles. The minimum Gasteiger partial charge on any atom is -0.831 e. The SMILES string of the molecule is [N-]=C([CH-][N+](=O)[O-])c1ccccc1.[Rh+2]. The second kappa shape index (κ2) is 5.43. The molecule has 0 atom stereocenters. The van der Waals surface area contributed by atoms with Crippen molar-refractivity contribution >= 4 is 5.71 Å². The summed E-state index contributed by atoms with van der Waals surface area (Å²) in [6.07, 6.45) is 0. The van der Waals surface area contributed by atoms with Gasteiger partial charge in [-0.3, -0.25) is 15.8 Å². The van der Waals surface area contributed by atoms with Crippen LogP contribution in [0.4, 0.5) is 0 Å². The van der Waals surface area contributed by atoms with E-state index in [2.05, 4.69) is 0 Å². The molecule has 0 N–H and O–H groups in total. The fourth-order valence-electron chi connectivity index (χ4n) is 0.783. The summed E-state index contributed by atoms with van der Waals surface area (Å²) in [5.41, 5.74) is 0.106. The Bertz CT molecular complexity index is 300. The van der Waals surface area contributed by atoms with E-state index in [1.54, 1.807) is 30.3 Å². The Morgan fingerprint density at radius 3 is 2.38 bits per heavy atom. The smallest absolute Gasteiger partial charge is 0.831 e. The largest absolute Gasteiger partial charge is 2.00 e. The molecule has 0 heterocycles. The van der Waals surface area contributed by atoms with Crippen LogP contribution in [0.25, 0.3) is 5.41 Å². The molecule has 0 fully saturated rings. The van der Waals surface area contributed by atoms with E-state index in [1.165, 1.54) is 0 Å². The molecule has 0 aromatic heterocycles. The summed E-state index contributed by atoms with van der Waals surface area (Å²) in [6.45, 7) is 0.565. The van der Waals surface area contributed by atoms with Crippen molar-refractivity contribution in [2.45, 2.75) is 0 Å². The van der Waals surface area contributed by atoms with Gasteiger partial charge in [0.1, 0.15) is 0 Å². The van der Waals surface area contributed by atoms with Crippen molar-refractivity contribution < 1.29 is 24.4 Å². The maximum atomic E-state index is 9.95. The molecular formula is C8H6N2O2Rh. The van der Waals surface area contributed by atoms with E-state index in [1.807, 2.05) is 0 Å². The van der Waals surface area contributed by atoms with Gasteiger partial charge in [0, 0.05) is 0 Å². The molecule has 69 valence electrons. The Morgan fingerprint density at radius 2 is 1.92 bits per heavy atom. The Kier molecular flexibility index (Phi) is 4.92. The van der Waals surface area contributed by atoms with Crippen molar-refractivity contribution in [2.75, 3.05) is 0 Å². The zero-order valence-corrected chi connectivity index (χ0v) is 8.15. The fraction of sp³-hybridized carbons (Fsp3) is 0. The normalized spacial score (nSPS) is 8.31. The molecule has 0 saturated carbocycles. The van der Waals surface area contributed by atoms with Crippen LogP contribution in [0.15, 0.2) is 30.3 Å². The first-order valence-corrected chi connectivity index (χ1v) is 3.30. The average Bonchev–Trinajstić information content (AvgIpc) is 2.05. The Balaban J connectivity index is 0.00000144. The first-order valence-electron chi connectivity index (χ1n) is 3.30. The summed E-state index contributed by atoms with van der Waals surface area (Å²) in [5, 5.41) is 19.1. The van der Waals surface area contributed by atoms with Gasteiger partial charge in [-0.15, -0.1) is 12.1 Å². The summed E-state index contributed by atoms with van der Waals surface area (Å²) in [5.74, 6) is 0. The van der Waals surface area contributed by atoms with Gasteiger partial charge in [0.25, 0.3) is 0 Å². The number of hydrogen-bond acceptors (Lipinski definition) is 2. The predicted octanol–water partition coefficient (Wildman–Crippen LogP) is 1.48. The molecule has 1 rings (SSSR count). The second-order valence-corrected chi connectivity index (χ2v) is 2.17. The molecule has 0 saturated heterocycles. The zero-order chi connectivity index (χ0) is 8.97. The zero-order valence-electron chi connectivity index (χ0n) is 6.51. The van der Waals surface area contributed by atoms with Crippen molar-refractivity contribution in [1.82, 2.24) is 0 Å².